The van der Waals surface area contributed by atoms with Gasteiger partial charge in [-0.1, -0.05) is 16.9 Å². The Morgan fingerprint density at radius 2 is 2.14 bits per heavy atom. The fourth-order valence-corrected chi connectivity index (χ4v) is 2.62. The second-order valence-corrected chi connectivity index (χ2v) is 6.29. The van der Waals surface area contributed by atoms with Gasteiger partial charge in [0.2, 0.25) is 5.89 Å². The summed E-state index contributed by atoms with van der Waals surface area (Å²) in [5.74, 6) is 1.24. The average molecular weight is 332 g/mol. The summed E-state index contributed by atoms with van der Waals surface area (Å²) in [6.45, 7) is 1.69. The minimum Gasteiger partial charge on any atom is -0.338 e. The number of aromatic nitrogens is 4. The van der Waals surface area contributed by atoms with Gasteiger partial charge in [-0.15, -0.1) is 0 Å². The number of alkyl halides is 3. The van der Waals surface area contributed by atoms with Gasteiger partial charge in [-0.3, -0.25) is 4.79 Å². The highest BCUT2D eigenvalue weighted by Gasteiger charge is 2.34. The van der Waals surface area contributed by atoms with E-state index in [9.17, 15) is 18.0 Å². The Labute approximate surface area is 126 Å². The first-order valence-corrected chi connectivity index (χ1v) is 7.39. The van der Waals surface area contributed by atoms with Crippen LogP contribution in [0.4, 0.5) is 13.2 Å². The summed E-state index contributed by atoms with van der Waals surface area (Å²) in [7, 11) is 0. The van der Waals surface area contributed by atoms with Gasteiger partial charge in [0.25, 0.3) is 5.56 Å². The molecular formula is C12H11F3N4O2S. The Morgan fingerprint density at radius 1 is 1.41 bits per heavy atom. The maximum Gasteiger partial charge on any atom is 0.433 e. The molecule has 3 rings (SSSR count). The normalized spacial score (nSPS) is 16.7. The molecule has 0 aliphatic heterocycles. The molecule has 1 N–H and O–H groups in total. The Balaban J connectivity index is 1.79. The van der Waals surface area contributed by atoms with Gasteiger partial charge in [0.05, 0.1) is 5.25 Å². The Hall–Kier alpha value is -1.84. The number of aromatic amines is 1. The standard InChI is InChI=1S/C12H11F3N4O2S/c1-5(10-18-9(19-21-10)6-2-3-6)22-11-16-7(12(13,14)15)4-8(20)17-11/h4-6H,2-3H2,1H3,(H,16,17,20)/t5-/m1/s1. The van der Waals surface area contributed by atoms with Gasteiger partial charge in [0.15, 0.2) is 16.7 Å². The maximum absolute atomic E-state index is 12.6. The first-order chi connectivity index (χ1) is 10.3. The maximum atomic E-state index is 12.6. The Bertz CT molecular complexity index is 738. The van der Waals surface area contributed by atoms with Crippen LogP contribution in [0.1, 0.15) is 48.3 Å². The van der Waals surface area contributed by atoms with Crippen LogP contribution in [0.3, 0.4) is 0 Å². The van der Waals surface area contributed by atoms with E-state index in [-0.39, 0.29) is 5.16 Å². The summed E-state index contributed by atoms with van der Waals surface area (Å²) >= 11 is 0.924. The molecule has 1 aliphatic carbocycles. The summed E-state index contributed by atoms with van der Waals surface area (Å²) in [6.07, 6.45) is -2.64. The predicted molar refractivity (Wildman–Crippen MR) is 70.4 cm³/mol. The van der Waals surface area contributed by atoms with E-state index >= 15 is 0 Å². The fraction of sp³-hybridized carbons (Fsp3) is 0.500. The van der Waals surface area contributed by atoms with Gasteiger partial charge >= 0.3 is 6.18 Å². The zero-order valence-electron chi connectivity index (χ0n) is 11.3. The van der Waals surface area contributed by atoms with Crippen molar-refractivity contribution >= 4 is 11.8 Å². The van der Waals surface area contributed by atoms with E-state index in [1.807, 2.05) is 0 Å². The summed E-state index contributed by atoms with van der Waals surface area (Å²) < 4.78 is 43.0. The summed E-state index contributed by atoms with van der Waals surface area (Å²) in [5, 5.41) is 3.28. The van der Waals surface area contributed by atoms with Crippen LogP contribution in [0.2, 0.25) is 0 Å². The smallest absolute Gasteiger partial charge is 0.338 e. The highest BCUT2D eigenvalue weighted by Crippen LogP contribution is 2.40. The van der Waals surface area contributed by atoms with Crippen LogP contribution in [-0.2, 0) is 6.18 Å². The predicted octanol–water partition coefficient (Wildman–Crippen LogP) is 2.90. The van der Waals surface area contributed by atoms with Gasteiger partial charge in [-0.25, -0.2) is 4.98 Å². The van der Waals surface area contributed by atoms with Crippen molar-refractivity contribution in [3.05, 3.63) is 33.8 Å². The van der Waals surface area contributed by atoms with Crippen molar-refractivity contribution in [3.8, 4) is 0 Å². The molecule has 10 heteroatoms. The quantitative estimate of drug-likeness (QED) is 0.684. The average Bonchev–Trinajstić information content (AvgIpc) is 3.14. The van der Waals surface area contributed by atoms with Crippen LogP contribution in [0, 0.1) is 0 Å². The van der Waals surface area contributed by atoms with E-state index in [1.165, 1.54) is 0 Å². The molecule has 1 atom stereocenters. The second kappa shape index (κ2) is 5.41. The lowest BCUT2D eigenvalue weighted by atomic mass is 10.4. The van der Waals surface area contributed by atoms with Crippen LogP contribution in [0.15, 0.2) is 20.5 Å². The van der Waals surface area contributed by atoms with Crippen molar-refractivity contribution in [1.29, 1.82) is 0 Å². The number of nitrogens with one attached hydrogen (secondary N) is 1. The Kier molecular flexibility index (Phi) is 3.71. The highest BCUT2D eigenvalue weighted by molar-refractivity contribution is 7.99. The van der Waals surface area contributed by atoms with Gasteiger partial charge in [0, 0.05) is 12.0 Å². The molecule has 0 bridgehead atoms. The molecule has 0 amide bonds. The molecular weight excluding hydrogens is 321 g/mol. The number of halogens is 3. The number of thioether (sulfide) groups is 1. The largest absolute Gasteiger partial charge is 0.433 e. The topological polar surface area (TPSA) is 84.7 Å². The molecule has 0 unspecified atom stereocenters. The third-order valence-electron chi connectivity index (χ3n) is 3.05. The van der Waals surface area contributed by atoms with Gasteiger partial charge in [0.1, 0.15) is 0 Å². The third kappa shape index (κ3) is 3.32. The Morgan fingerprint density at radius 3 is 2.77 bits per heavy atom. The van der Waals surface area contributed by atoms with Crippen molar-refractivity contribution < 1.29 is 17.7 Å². The fourth-order valence-electron chi connectivity index (χ4n) is 1.77. The highest BCUT2D eigenvalue weighted by atomic mass is 32.2. The molecule has 0 aromatic carbocycles. The summed E-state index contributed by atoms with van der Waals surface area (Å²) in [6, 6.07) is 0.423. The summed E-state index contributed by atoms with van der Waals surface area (Å²) in [5.41, 5.74) is -2.09. The zero-order chi connectivity index (χ0) is 15.9. The number of hydrogen-bond acceptors (Lipinski definition) is 6. The molecule has 1 aliphatic rings. The van der Waals surface area contributed by atoms with Gasteiger partial charge < -0.3 is 9.51 Å². The molecule has 2 heterocycles. The molecule has 2 aromatic heterocycles. The van der Waals surface area contributed by atoms with Gasteiger partial charge in [-0.2, -0.15) is 18.2 Å². The minimum absolute atomic E-state index is 0.140. The molecule has 0 radical (unpaired) electrons. The van der Waals surface area contributed by atoms with E-state index < -0.39 is 22.7 Å². The lowest BCUT2D eigenvalue weighted by molar-refractivity contribution is -0.141. The van der Waals surface area contributed by atoms with E-state index in [0.717, 1.165) is 24.6 Å². The van der Waals surface area contributed by atoms with Crippen LogP contribution in [0.25, 0.3) is 0 Å². The van der Waals surface area contributed by atoms with E-state index in [2.05, 4.69) is 20.1 Å². The number of H-pyrrole nitrogens is 1. The molecule has 1 fully saturated rings. The summed E-state index contributed by atoms with van der Waals surface area (Å²) in [4.78, 5) is 21.2. The van der Waals surface area contributed by atoms with E-state index in [0.29, 0.717) is 23.7 Å². The SMILES string of the molecule is C[C@@H](Sc1nc(C(F)(F)F)cc(=O)[nH]1)c1nc(C2CC2)no1. The van der Waals surface area contributed by atoms with Crippen molar-refractivity contribution in [2.75, 3.05) is 0 Å². The first-order valence-electron chi connectivity index (χ1n) is 6.51. The van der Waals surface area contributed by atoms with Crippen molar-refractivity contribution in [1.82, 2.24) is 20.1 Å². The van der Waals surface area contributed by atoms with E-state index in [4.69, 9.17) is 4.52 Å². The van der Waals surface area contributed by atoms with Crippen LogP contribution in [0.5, 0.6) is 0 Å². The number of rotatable bonds is 4. The molecule has 6 nitrogen and oxygen atoms in total. The minimum atomic E-state index is -4.67. The van der Waals surface area contributed by atoms with Crippen LogP contribution < -0.4 is 5.56 Å². The number of hydrogen-bond donors (Lipinski definition) is 1. The zero-order valence-corrected chi connectivity index (χ0v) is 12.2. The molecule has 118 valence electrons. The van der Waals surface area contributed by atoms with Crippen molar-refractivity contribution in [2.24, 2.45) is 0 Å². The van der Waals surface area contributed by atoms with E-state index in [1.54, 1.807) is 6.92 Å². The lowest BCUT2D eigenvalue weighted by Gasteiger charge is -2.08. The van der Waals surface area contributed by atoms with Crippen molar-refractivity contribution in [2.45, 2.75) is 42.3 Å². The third-order valence-corrected chi connectivity index (χ3v) is 4.02. The van der Waals surface area contributed by atoms with Gasteiger partial charge in [-0.05, 0) is 19.8 Å². The lowest BCUT2D eigenvalue weighted by Crippen LogP contribution is -2.17. The molecule has 0 spiro atoms. The van der Waals surface area contributed by atoms with Crippen LogP contribution >= 0.6 is 11.8 Å². The first kappa shape index (κ1) is 15.1. The monoisotopic (exact) mass is 332 g/mol. The second-order valence-electron chi connectivity index (χ2n) is 4.96. The molecule has 22 heavy (non-hydrogen) atoms. The molecule has 0 saturated heterocycles. The molecule has 1 saturated carbocycles. The number of nitrogens with zero attached hydrogens (tertiary/aromatic N) is 3. The van der Waals surface area contributed by atoms with Crippen LogP contribution in [-0.4, -0.2) is 20.1 Å². The van der Waals surface area contributed by atoms with Crippen molar-refractivity contribution in [3.63, 3.8) is 0 Å². The molecule has 2 aromatic rings.